The predicted molar refractivity (Wildman–Crippen MR) is 40.4 cm³/mol. The summed E-state index contributed by atoms with van der Waals surface area (Å²) in [7, 11) is 0. The molecule has 0 fully saturated rings. The van der Waals surface area contributed by atoms with Gasteiger partial charge in [-0.25, -0.2) is 0 Å². The second kappa shape index (κ2) is 3.45. The standard InChI is InChI=1S/C7H13NTe/c1-6(2)7(3,5-8)9-4/h6H,1-4H3. The van der Waals surface area contributed by atoms with Gasteiger partial charge in [-0.1, -0.05) is 0 Å². The molecule has 0 aromatic rings. The molecule has 0 aliphatic heterocycles. The summed E-state index contributed by atoms with van der Waals surface area (Å²) in [5, 5.41) is 8.74. The molecular weight excluding hydrogens is 226 g/mol. The molecule has 0 amide bonds. The van der Waals surface area contributed by atoms with Crippen LogP contribution in [0.25, 0.3) is 0 Å². The zero-order valence-corrected chi connectivity index (χ0v) is 8.76. The van der Waals surface area contributed by atoms with E-state index in [2.05, 4.69) is 31.8 Å². The van der Waals surface area contributed by atoms with E-state index in [1.54, 1.807) is 0 Å². The number of hydrogen-bond acceptors (Lipinski definition) is 1. The van der Waals surface area contributed by atoms with Gasteiger partial charge in [0.25, 0.3) is 0 Å². The van der Waals surface area contributed by atoms with E-state index in [1.165, 1.54) is 0 Å². The number of nitriles is 1. The molecule has 9 heavy (non-hydrogen) atoms. The maximum absolute atomic E-state index is 8.74. The Morgan fingerprint density at radius 2 is 2.00 bits per heavy atom. The summed E-state index contributed by atoms with van der Waals surface area (Å²) in [6.45, 7) is 6.31. The zero-order valence-electron chi connectivity index (χ0n) is 6.43. The van der Waals surface area contributed by atoms with Crippen molar-refractivity contribution in [3.8, 4) is 6.07 Å². The van der Waals surface area contributed by atoms with Crippen LogP contribution in [-0.4, -0.2) is 20.9 Å². The fourth-order valence-electron chi connectivity index (χ4n) is 0.410. The molecule has 0 saturated carbocycles. The molecule has 0 aromatic carbocycles. The van der Waals surface area contributed by atoms with E-state index in [0.29, 0.717) is 5.92 Å². The molecule has 0 bridgehead atoms. The molecule has 2 heteroatoms. The van der Waals surface area contributed by atoms with Crippen LogP contribution >= 0.6 is 0 Å². The van der Waals surface area contributed by atoms with Crippen LogP contribution in [0.5, 0.6) is 0 Å². The van der Waals surface area contributed by atoms with Crippen LogP contribution in [0, 0.1) is 17.2 Å². The molecule has 1 nitrogen and oxygen atoms in total. The average Bonchev–Trinajstić information content (AvgIpc) is 1.86. The van der Waals surface area contributed by atoms with Crippen LogP contribution in [0.3, 0.4) is 0 Å². The van der Waals surface area contributed by atoms with Crippen LogP contribution in [0.1, 0.15) is 20.8 Å². The summed E-state index contributed by atoms with van der Waals surface area (Å²) in [5.74, 6) is 0.523. The van der Waals surface area contributed by atoms with Gasteiger partial charge in [0.1, 0.15) is 0 Å². The molecule has 1 unspecified atom stereocenters. The van der Waals surface area contributed by atoms with Gasteiger partial charge in [-0.2, -0.15) is 0 Å². The van der Waals surface area contributed by atoms with Crippen LogP contribution in [0.2, 0.25) is 8.43 Å². The normalized spacial score (nSPS) is 16.9. The van der Waals surface area contributed by atoms with E-state index in [1.807, 2.05) is 0 Å². The molecule has 0 aromatic heterocycles. The average molecular weight is 239 g/mol. The summed E-state index contributed by atoms with van der Waals surface area (Å²) < 4.78 is 0.0189. The number of rotatable bonds is 2. The van der Waals surface area contributed by atoms with Crippen molar-refractivity contribution in [2.75, 3.05) is 0 Å². The fourth-order valence-corrected chi connectivity index (χ4v) is 2.02. The first-order valence-corrected chi connectivity index (χ1v) is 6.52. The van der Waals surface area contributed by atoms with Gasteiger partial charge in [-0.05, 0) is 0 Å². The molecule has 0 heterocycles. The summed E-state index contributed by atoms with van der Waals surface area (Å²) >= 11 is -0.105. The summed E-state index contributed by atoms with van der Waals surface area (Å²) in [6, 6.07) is 2.39. The van der Waals surface area contributed by atoms with Crippen molar-refractivity contribution in [1.82, 2.24) is 0 Å². The Labute approximate surface area is 67.5 Å². The van der Waals surface area contributed by atoms with Crippen LogP contribution in [0.4, 0.5) is 0 Å². The molecule has 0 aliphatic rings. The van der Waals surface area contributed by atoms with Gasteiger partial charge < -0.3 is 0 Å². The Morgan fingerprint density at radius 3 is 2.00 bits per heavy atom. The third kappa shape index (κ3) is 2.17. The Kier molecular flexibility index (Phi) is 3.56. The third-order valence-corrected chi connectivity index (χ3v) is 5.77. The van der Waals surface area contributed by atoms with Crippen LogP contribution in [0.15, 0.2) is 0 Å². The molecule has 0 N–H and O–H groups in total. The van der Waals surface area contributed by atoms with Crippen molar-refractivity contribution in [2.24, 2.45) is 5.92 Å². The van der Waals surface area contributed by atoms with Crippen molar-refractivity contribution in [3.63, 3.8) is 0 Å². The maximum atomic E-state index is 8.74. The summed E-state index contributed by atoms with van der Waals surface area (Å²) in [5.41, 5.74) is 0. The van der Waals surface area contributed by atoms with Crippen molar-refractivity contribution in [2.45, 2.75) is 29.2 Å². The summed E-state index contributed by atoms with van der Waals surface area (Å²) in [4.78, 5) is 2.19. The first-order chi connectivity index (χ1) is 4.06. The Bertz CT molecular complexity index is 125. The van der Waals surface area contributed by atoms with Crippen molar-refractivity contribution < 1.29 is 0 Å². The second-order valence-electron chi connectivity index (χ2n) is 2.58. The fraction of sp³-hybridized carbons (Fsp3) is 0.857. The molecule has 0 saturated heterocycles. The van der Waals surface area contributed by atoms with Gasteiger partial charge in [-0.3, -0.25) is 0 Å². The van der Waals surface area contributed by atoms with E-state index >= 15 is 0 Å². The number of nitrogens with zero attached hydrogens (tertiary/aromatic N) is 1. The van der Waals surface area contributed by atoms with Crippen molar-refractivity contribution >= 4 is 20.9 Å². The molecule has 0 aliphatic carbocycles. The van der Waals surface area contributed by atoms with E-state index < -0.39 is 0 Å². The van der Waals surface area contributed by atoms with Crippen molar-refractivity contribution in [1.29, 1.82) is 5.26 Å². The van der Waals surface area contributed by atoms with Crippen LogP contribution in [-0.2, 0) is 0 Å². The van der Waals surface area contributed by atoms with Crippen molar-refractivity contribution in [3.05, 3.63) is 0 Å². The van der Waals surface area contributed by atoms with Gasteiger partial charge in [0.2, 0.25) is 0 Å². The zero-order chi connectivity index (χ0) is 7.49. The molecular formula is C7H13NTe. The Morgan fingerprint density at radius 1 is 1.56 bits per heavy atom. The second-order valence-corrected chi connectivity index (χ2v) is 6.16. The SMILES string of the molecule is C[Te]C(C)(C#N)C(C)C. The molecule has 0 radical (unpaired) electrons. The topological polar surface area (TPSA) is 23.8 Å². The number of hydrogen-bond donors (Lipinski definition) is 0. The summed E-state index contributed by atoms with van der Waals surface area (Å²) in [6.07, 6.45) is 0. The van der Waals surface area contributed by atoms with Gasteiger partial charge in [-0.15, -0.1) is 0 Å². The quantitative estimate of drug-likeness (QED) is 0.676. The van der Waals surface area contributed by atoms with Crippen LogP contribution < -0.4 is 0 Å². The Balaban J connectivity index is 4.14. The van der Waals surface area contributed by atoms with Gasteiger partial charge in [0.05, 0.1) is 0 Å². The minimum absolute atomic E-state index is 0.0189. The predicted octanol–water partition coefficient (Wildman–Crippen LogP) is 2.10. The van der Waals surface area contributed by atoms with Gasteiger partial charge in [0.15, 0.2) is 0 Å². The minimum atomic E-state index is -0.105. The molecule has 0 rings (SSSR count). The molecule has 52 valence electrons. The third-order valence-electron chi connectivity index (χ3n) is 1.75. The molecule has 0 spiro atoms. The monoisotopic (exact) mass is 241 g/mol. The first kappa shape index (κ1) is 9.28. The van der Waals surface area contributed by atoms with E-state index in [9.17, 15) is 0 Å². The van der Waals surface area contributed by atoms with E-state index in [0.717, 1.165) is 0 Å². The van der Waals surface area contributed by atoms with E-state index in [-0.39, 0.29) is 24.4 Å². The first-order valence-electron chi connectivity index (χ1n) is 3.03. The Hall–Kier alpha value is 0.280. The van der Waals surface area contributed by atoms with Gasteiger partial charge >= 0.3 is 67.4 Å². The van der Waals surface area contributed by atoms with Gasteiger partial charge in [0, 0.05) is 0 Å². The van der Waals surface area contributed by atoms with E-state index in [4.69, 9.17) is 5.26 Å². The molecule has 1 atom stereocenters.